The molecule has 1 aromatic heterocycles. The molecule has 0 unspecified atom stereocenters. The number of carbonyl (C=O) groups excluding carboxylic acids is 1. The number of thioether (sulfide) groups is 1. The lowest BCUT2D eigenvalue weighted by Gasteiger charge is -2.14. The third-order valence-electron chi connectivity index (χ3n) is 4.53. The van der Waals surface area contributed by atoms with E-state index in [1.165, 1.54) is 23.1 Å². The Labute approximate surface area is 210 Å². The molecule has 158 valence electrons. The fourth-order valence-corrected chi connectivity index (χ4v) is 5.89. The zero-order chi connectivity index (χ0) is 22.0. The van der Waals surface area contributed by atoms with E-state index < -0.39 is 5.92 Å². The van der Waals surface area contributed by atoms with E-state index in [9.17, 15) is 4.79 Å². The summed E-state index contributed by atoms with van der Waals surface area (Å²) in [4.78, 5) is 17.6. The second kappa shape index (κ2) is 9.85. The summed E-state index contributed by atoms with van der Waals surface area (Å²) in [5.41, 5.74) is 1.87. The number of nitrogens with zero attached hydrogens (tertiary/aromatic N) is 1. The lowest BCUT2D eigenvalue weighted by Crippen LogP contribution is -2.11. The summed E-state index contributed by atoms with van der Waals surface area (Å²) in [5, 5.41) is 11.0. The topological polar surface area (TPSA) is 72.3 Å². The highest BCUT2D eigenvalue weighted by Gasteiger charge is 2.38. The van der Waals surface area contributed by atoms with Crippen LogP contribution >= 0.6 is 61.6 Å². The molecular formula is C22H16BrIN2O3S2. The minimum Gasteiger partial charge on any atom is -0.493 e. The van der Waals surface area contributed by atoms with Crippen LogP contribution in [-0.2, 0) is 11.4 Å². The van der Waals surface area contributed by atoms with Crippen LogP contribution in [0.5, 0.6) is 11.5 Å². The largest absolute Gasteiger partial charge is 0.493 e. The van der Waals surface area contributed by atoms with Crippen LogP contribution in [0.4, 0.5) is 0 Å². The monoisotopic (exact) mass is 626 g/mol. The number of methoxy groups -OCH3 is 1. The number of halogens is 2. The molecule has 1 N–H and O–H groups in total. The van der Waals surface area contributed by atoms with E-state index in [4.69, 9.17) is 14.9 Å². The number of ether oxygens (including phenoxy) is 2. The molecule has 0 spiro atoms. The van der Waals surface area contributed by atoms with Gasteiger partial charge in [-0.2, -0.15) is 0 Å². The highest BCUT2D eigenvalue weighted by atomic mass is 127. The molecule has 0 aliphatic carbocycles. The first-order chi connectivity index (χ1) is 15.0. The van der Waals surface area contributed by atoms with Gasteiger partial charge in [0.25, 0.3) is 0 Å². The maximum atomic E-state index is 12.9. The van der Waals surface area contributed by atoms with Crippen molar-refractivity contribution in [1.82, 2.24) is 4.98 Å². The highest BCUT2D eigenvalue weighted by Crippen LogP contribution is 2.42. The quantitative estimate of drug-likeness (QED) is 0.249. The van der Waals surface area contributed by atoms with Crippen molar-refractivity contribution in [3.05, 3.63) is 77.1 Å². The van der Waals surface area contributed by atoms with E-state index in [0.717, 1.165) is 19.2 Å². The van der Waals surface area contributed by atoms with Crippen LogP contribution in [0.25, 0.3) is 6.08 Å². The summed E-state index contributed by atoms with van der Waals surface area (Å²) in [6.45, 7) is 0.418. The van der Waals surface area contributed by atoms with E-state index >= 15 is 0 Å². The standard InChI is InChI=1S/C22H16BrIN2O3S2/c1-28-16-9-13(8-15(24)20(16)29-11-12-2-4-14(23)5-3-12)10-17-19(27)18(21(25)31-17)22-26-6-7-30-22/h2-10,18,25H,11H2,1H3/b17-10-,25-21?/t18-/m0/s1. The first-order valence-electron chi connectivity index (χ1n) is 9.12. The lowest BCUT2D eigenvalue weighted by atomic mass is 10.0. The van der Waals surface area contributed by atoms with Gasteiger partial charge in [-0.1, -0.05) is 39.8 Å². The van der Waals surface area contributed by atoms with Crippen molar-refractivity contribution < 1.29 is 14.3 Å². The van der Waals surface area contributed by atoms with Gasteiger partial charge in [0.15, 0.2) is 17.3 Å². The number of allylic oxidation sites excluding steroid dienone is 1. The Morgan fingerprint density at radius 2 is 2.06 bits per heavy atom. The third kappa shape index (κ3) is 5.05. The molecule has 3 aromatic rings. The normalized spacial score (nSPS) is 17.4. The number of hydrogen-bond acceptors (Lipinski definition) is 7. The van der Waals surface area contributed by atoms with Gasteiger partial charge in [-0.15, -0.1) is 11.3 Å². The molecule has 2 aromatic carbocycles. The zero-order valence-corrected chi connectivity index (χ0v) is 21.6. The molecule has 0 radical (unpaired) electrons. The molecule has 1 aliphatic rings. The Morgan fingerprint density at radius 3 is 2.74 bits per heavy atom. The molecule has 1 atom stereocenters. The molecule has 1 saturated heterocycles. The second-order valence-electron chi connectivity index (χ2n) is 6.59. The fraction of sp³-hybridized carbons (Fsp3) is 0.136. The average Bonchev–Trinajstić information content (AvgIpc) is 3.36. The summed E-state index contributed by atoms with van der Waals surface area (Å²) >= 11 is 8.23. The Kier molecular flexibility index (Phi) is 7.15. The minimum absolute atomic E-state index is 0.0884. The molecule has 0 amide bonds. The number of rotatable bonds is 6. The molecular weight excluding hydrogens is 611 g/mol. The summed E-state index contributed by atoms with van der Waals surface area (Å²) < 4.78 is 13.5. The van der Waals surface area contributed by atoms with Gasteiger partial charge in [-0.25, -0.2) is 4.98 Å². The van der Waals surface area contributed by atoms with Crippen molar-refractivity contribution in [3.63, 3.8) is 0 Å². The number of nitrogens with one attached hydrogen (secondary N) is 1. The second-order valence-corrected chi connectivity index (χ2v) is 10.7. The number of aromatic nitrogens is 1. The van der Waals surface area contributed by atoms with Gasteiger partial charge in [0.1, 0.15) is 17.5 Å². The van der Waals surface area contributed by atoms with Gasteiger partial charge in [-0.05, 0) is 64.1 Å². The highest BCUT2D eigenvalue weighted by molar-refractivity contribution is 14.1. The molecule has 1 fully saturated rings. The van der Waals surface area contributed by atoms with Crippen LogP contribution in [0.3, 0.4) is 0 Å². The number of thiazole rings is 1. The van der Waals surface area contributed by atoms with Gasteiger partial charge >= 0.3 is 0 Å². The van der Waals surface area contributed by atoms with Gasteiger partial charge in [0, 0.05) is 16.0 Å². The average molecular weight is 627 g/mol. The summed E-state index contributed by atoms with van der Waals surface area (Å²) in [6, 6.07) is 11.7. The van der Waals surface area contributed by atoms with Crippen LogP contribution in [0.1, 0.15) is 22.1 Å². The number of carbonyl (C=O) groups is 1. The van der Waals surface area contributed by atoms with Gasteiger partial charge in [0.05, 0.1) is 20.6 Å². The van der Waals surface area contributed by atoms with Crippen LogP contribution in [-0.4, -0.2) is 22.9 Å². The van der Waals surface area contributed by atoms with E-state index in [1.807, 2.05) is 41.8 Å². The predicted molar refractivity (Wildman–Crippen MR) is 137 cm³/mol. The molecule has 0 saturated carbocycles. The Balaban J connectivity index is 1.57. The number of Topliss-reactive ketones (excluding diaryl/α,β-unsaturated/α-hetero) is 1. The molecule has 4 rings (SSSR count). The van der Waals surface area contributed by atoms with Crippen molar-refractivity contribution in [2.24, 2.45) is 0 Å². The maximum Gasteiger partial charge on any atom is 0.186 e. The SMILES string of the molecule is COc1cc(/C=C2\SC(=N)[C@@H](c3nccs3)C2=O)cc(I)c1OCc1ccc(Br)cc1. The number of ketones is 1. The Morgan fingerprint density at radius 1 is 1.29 bits per heavy atom. The van der Waals surface area contributed by atoms with Crippen molar-refractivity contribution in [2.75, 3.05) is 7.11 Å². The number of hydrogen-bond donors (Lipinski definition) is 1. The van der Waals surface area contributed by atoms with E-state index in [1.54, 1.807) is 19.4 Å². The first kappa shape index (κ1) is 22.5. The van der Waals surface area contributed by atoms with Crippen LogP contribution < -0.4 is 9.47 Å². The molecule has 0 bridgehead atoms. The maximum absolute atomic E-state index is 12.9. The van der Waals surface area contributed by atoms with Crippen LogP contribution in [0.15, 0.2) is 57.4 Å². The van der Waals surface area contributed by atoms with Crippen molar-refractivity contribution >= 4 is 78.5 Å². The molecule has 1 aliphatic heterocycles. The Hall–Kier alpha value is -1.69. The molecule has 2 heterocycles. The molecule has 9 heteroatoms. The smallest absolute Gasteiger partial charge is 0.186 e. The lowest BCUT2D eigenvalue weighted by molar-refractivity contribution is -0.114. The molecule has 31 heavy (non-hydrogen) atoms. The predicted octanol–water partition coefficient (Wildman–Crippen LogP) is 6.52. The van der Waals surface area contributed by atoms with Crippen LogP contribution in [0.2, 0.25) is 0 Å². The van der Waals surface area contributed by atoms with Crippen LogP contribution in [0, 0.1) is 8.98 Å². The van der Waals surface area contributed by atoms with E-state index in [0.29, 0.717) is 33.1 Å². The van der Waals surface area contributed by atoms with Gasteiger partial charge < -0.3 is 9.47 Å². The van der Waals surface area contributed by atoms with Gasteiger partial charge in [-0.3, -0.25) is 10.2 Å². The third-order valence-corrected chi connectivity index (χ3v) is 7.70. The zero-order valence-electron chi connectivity index (χ0n) is 16.2. The summed E-state index contributed by atoms with van der Waals surface area (Å²) in [5.74, 6) is 0.574. The summed E-state index contributed by atoms with van der Waals surface area (Å²) in [6.07, 6.45) is 3.46. The Bertz CT molecular complexity index is 1160. The molecule has 5 nitrogen and oxygen atoms in total. The fourth-order valence-electron chi connectivity index (χ4n) is 3.04. The van der Waals surface area contributed by atoms with Crippen molar-refractivity contribution in [1.29, 1.82) is 5.41 Å². The van der Waals surface area contributed by atoms with Gasteiger partial charge in [0.2, 0.25) is 0 Å². The minimum atomic E-state index is -0.592. The van der Waals surface area contributed by atoms with Crippen molar-refractivity contribution in [2.45, 2.75) is 12.5 Å². The van der Waals surface area contributed by atoms with Crippen molar-refractivity contribution in [3.8, 4) is 11.5 Å². The summed E-state index contributed by atoms with van der Waals surface area (Å²) in [7, 11) is 1.60. The number of benzene rings is 2. The van der Waals surface area contributed by atoms with E-state index in [2.05, 4.69) is 43.5 Å². The first-order valence-corrected chi connectivity index (χ1v) is 12.7. The van der Waals surface area contributed by atoms with E-state index in [-0.39, 0.29) is 5.78 Å².